The summed E-state index contributed by atoms with van der Waals surface area (Å²) in [4.78, 5) is 30.2. The zero-order valence-electron chi connectivity index (χ0n) is 13.3. The van der Waals surface area contributed by atoms with Crippen LogP contribution in [0.25, 0.3) is 0 Å². The van der Waals surface area contributed by atoms with Gasteiger partial charge in [0.25, 0.3) is 11.5 Å². The van der Waals surface area contributed by atoms with Gasteiger partial charge in [-0.05, 0) is 26.0 Å². The second-order valence-corrected chi connectivity index (χ2v) is 5.32. The van der Waals surface area contributed by atoms with Crippen LogP contribution >= 0.6 is 0 Å². The number of nitrogens with zero attached hydrogens (tertiary/aromatic N) is 1. The molecule has 1 aliphatic heterocycles. The summed E-state index contributed by atoms with van der Waals surface area (Å²) in [6.45, 7) is 3.64. The number of ether oxygens (including phenoxy) is 3. The van der Waals surface area contributed by atoms with Gasteiger partial charge in [-0.3, -0.25) is 9.59 Å². The maximum atomic E-state index is 12.1. The van der Waals surface area contributed by atoms with Crippen molar-refractivity contribution >= 4 is 5.91 Å². The number of hydrogen-bond acceptors (Lipinski definition) is 6. The minimum Gasteiger partial charge on any atom is -0.481 e. The van der Waals surface area contributed by atoms with Crippen molar-refractivity contribution in [3.63, 3.8) is 0 Å². The Labute approximate surface area is 137 Å². The molecular formula is C16H17N3O5. The smallest absolute Gasteiger partial charge is 0.261 e. The van der Waals surface area contributed by atoms with E-state index in [1.807, 2.05) is 0 Å². The maximum absolute atomic E-state index is 12.1. The predicted molar refractivity (Wildman–Crippen MR) is 84.1 cm³/mol. The number of hydrogen-bond donors (Lipinski definition) is 2. The third-order valence-corrected chi connectivity index (χ3v) is 3.38. The first-order valence-electron chi connectivity index (χ1n) is 7.42. The summed E-state index contributed by atoms with van der Waals surface area (Å²) in [6, 6.07) is 6.45. The fourth-order valence-electron chi connectivity index (χ4n) is 2.26. The summed E-state index contributed by atoms with van der Waals surface area (Å²) in [5.74, 6) is 1.93. The van der Waals surface area contributed by atoms with Crippen molar-refractivity contribution in [1.29, 1.82) is 0 Å². The molecule has 0 saturated heterocycles. The average molecular weight is 331 g/mol. The van der Waals surface area contributed by atoms with Crippen LogP contribution in [0, 0.1) is 6.92 Å². The standard InChI is InChI=1S/C16H17N3O5/c1-9(24-12-3-4-13-14(6-12)23-8-22-13)16(21)17-7-11-5-15(20)19-10(2)18-11/h3-6,9H,7-8H2,1-2H3,(H,17,21)(H,18,19,20). The van der Waals surface area contributed by atoms with E-state index < -0.39 is 6.10 Å². The number of fused-ring (bicyclic) bond motifs is 1. The van der Waals surface area contributed by atoms with Crippen LogP contribution in [-0.2, 0) is 11.3 Å². The molecule has 0 bridgehead atoms. The first-order valence-corrected chi connectivity index (χ1v) is 7.42. The minimum absolute atomic E-state index is 0.151. The topological polar surface area (TPSA) is 103 Å². The molecule has 2 aromatic rings. The van der Waals surface area contributed by atoms with Crippen molar-refractivity contribution in [2.45, 2.75) is 26.5 Å². The van der Waals surface area contributed by atoms with Crippen molar-refractivity contribution < 1.29 is 19.0 Å². The summed E-state index contributed by atoms with van der Waals surface area (Å²) in [6.07, 6.45) is -0.714. The lowest BCUT2D eigenvalue weighted by molar-refractivity contribution is -0.127. The van der Waals surface area contributed by atoms with Crippen LogP contribution in [0.5, 0.6) is 17.2 Å². The zero-order valence-corrected chi connectivity index (χ0v) is 13.3. The molecule has 8 nitrogen and oxygen atoms in total. The highest BCUT2D eigenvalue weighted by molar-refractivity contribution is 5.80. The number of H-pyrrole nitrogens is 1. The van der Waals surface area contributed by atoms with Gasteiger partial charge in [-0.2, -0.15) is 0 Å². The number of nitrogens with one attached hydrogen (secondary N) is 2. The fourth-order valence-corrected chi connectivity index (χ4v) is 2.26. The number of carbonyl (C=O) groups is 1. The van der Waals surface area contributed by atoms with Gasteiger partial charge < -0.3 is 24.5 Å². The maximum Gasteiger partial charge on any atom is 0.261 e. The molecule has 8 heteroatoms. The van der Waals surface area contributed by atoms with E-state index in [9.17, 15) is 9.59 Å². The molecule has 0 saturated carbocycles. The van der Waals surface area contributed by atoms with Crippen molar-refractivity contribution in [2.24, 2.45) is 0 Å². The van der Waals surface area contributed by atoms with E-state index >= 15 is 0 Å². The number of carbonyl (C=O) groups excluding carboxylic acids is 1. The Morgan fingerprint density at radius 2 is 2.17 bits per heavy atom. The Bertz CT molecular complexity index is 818. The van der Waals surface area contributed by atoms with Gasteiger partial charge in [-0.15, -0.1) is 0 Å². The van der Waals surface area contributed by atoms with Crippen LogP contribution in [0.4, 0.5) is 0 Å². The van der Waals surface area contributed by atoms with E-state index in [2.05, 4.69) is 15.3 Å². The highest BCUT2D eigenvalue weighted by atomic mass is 16.7. The highest BCUT2D eigenvalue weighted by Crippen LogP contribution is 2.35. The number of amides is 1. The fraction of sp³-hybridized carbons (Fsp3) is 0.312. The number of aromatic nitrogens is 2. The van der Waals surface area contributed by atoms with Crippen LogP contribution in [-0.4, -0.2) is 28.8 Å². The predicted octanol–water partition coefficient (Wildman–Crippen LogP) is 0.891. The molecule has 0 spiro atoms. The van der Waals surface area contributed by atoms with E-state index in [1.54, 1.807) is 32.0 Å². The molecule has 2 N–H and O–H groups in total. The van der Waals surface area contributed by atoms with Gasteiger partial charge in [-0.25, -0.2) is 4.98 Å². The van der Waals surface area contributed by atoms with E-state index in [1.165, 1.54) is 6.07 Å². The monoisotopic (exact) mass is 331 g/mol. The third kappa shape index (κ3) is 3.65. The van der Waals surface area contributed by atoms with Crippen LogP contribution in [0.2, 0.25) is 0 Å². The molecule has 1 aromatic carbocycles. The molecule has 1 aromatic heterocycles. The number of benzene rings is 1. The van der Waals surface area contributed by atoms with Crippen molar-refractivity contribution in [3.8, 4) is 17.2 Å². The van der Waals surface area contributed by atoms with Gasteiger partial charge >= 0.3 is 0 Å². The molecule has 126 valence electrons. The van der Waals surface area contributed by atoms with E-state index in [0.717, 1.165) is 0 Å². The summed E-state index contributed by atoms with van der Waals surface area (Å²) >= 11 is 0. The van der Waals surface area contributed by atoms with E-state index in [4.69, 9.17) is 14.2 Å². The molecule has 0 aliphatic carbocycles. The quantitative estimate of drug-likeness (QED) is 0.843. The summed E-state index contributed by atoms with van der Waals surface area (Å²) in [7, 11) is 0. The summed E-state index contributed by atoms with van der Waals surface area (Å²) < 4.78 is 16.1. The van der Waals surface area contributed by atoms with Crippen LogP contribution < -0.4 is 25.1 Å². The van der Waals surface area contributed by atoms with Gasteiger partial charge in [-0.1, -0.05) is 0 Å². The van der Waals surface area contributed by atoms with Gasteiger partial charge in [0.2, 0.25) is 6.79 Å². The third-order valence-electron chi connectivity index (χ3n) is 3.38. The molecule has 24 heavy (non-hydrogen) atoms. The molecule has 2 heterocycles. The van der Waals surface area contributed by atoms with E-state index in [0.29, 0.717) is 28.8 Å². The first kappa shape index (κ1) is 15.9. The second-order valence-electron chi connectivity index (χ2n) is 5.32. The Balaban J connectivity index is 1.57. The number of rotatable bonds is 5. The molecule has 1 aliphatic rings. The Kier molecular flexibility index (Phi) is 4.37. The number of aromatic amines is 1. The van der Waals surface area contributed by atoms with Crippen molar-refractivity contribution in [1.82, 2.24) is 15.3 Å². The molecule has 3 rings (SSSR count). The van der Waals surface area contributed by atoms with Gasteiger partial charge in [0.1, 0.15) is 11.6 Å². The molecule has 0 fully saturated rings. The van der Waals surface area contributed by atoms with Crippen LogP contribution in [0.1, 0.15) is 18.4 Å². The highest BCUT2D eigenvalue weighted by Gasteiger charge is 2.18. The number of aryl methyl sites for hydroxylation is 1. The lowest BCUT2D eigenvalue weighted by Gasteiger charge is -2.15. The molecule has 1 atom stereocenters. The molecule has 1 amide bonds. The molecular weight excluding hydrogens is 314 g/mol. The average Bonchev–Trinajstić information content (AvgIpc) is 2.99. The van der Waals surface area contributed by atoms with Gasteiger partial charge in [0.15, 0.2) is 17.6 Å². The Hall–Kier alpha value is -3.03. The minimum atomic E-state index is -0.714. The van der Waals surface area contributed by atoms with Crippen molar-refractivity contribution in [2.75, 3.05) is 6.79 Å². The van der Waals surface area contributed by atoms with Crippen LogP contribution in [0.3, 0.4) is 0 Å². The largest absolute Gasteiger partial charge is 0.481 e. The SMILES string of the molecule is Cc1nc(CNC(=O)C(C)Oc2ccc3c(c2)OCO3)cc(=O)[nH]1. The zero-order chi connectivity index (χ0) is 17.1. The lowest BCUT2D eigenvalue weighted by Crippen LogP contribution is -2.36. The first-order chi connectivity index (χ1) is 11.5. The second kappa shape index (κ2) is 6.61. The summed E-state index contributed by atoms with van der Waals surface area (Å²) in [5.41, 5.74) is 0.233. The Morgan fingerprint density at radius 3 is 2.96 bits per heavy atom. The van der Waals surface area contributed by atoms with E-state index in [-0.39, 0.29) is 24.8 Å². The normalized spacial score (nSPS) is 13.4. The van der Waals surface area contributed by atoms with Gasteiger partial charge in [0.05, 0.1) is 12.2 Å². The lowest BCUT2D eigenvalue weighted by atomic mass is 10.3. The summed E-state index contributed by atoms with van der Waals surface area (Å²) in [5, 5.41) is 2.69. The molecule has 0 radical (unpaired) electrons. The molecule has 1 unspecified atom stereocenters. The van der Waals surface area contributed by atoms with Crippen LogP contribution in [0.15, 0.2) is 29.1 Å². The van der Waals surface area contributed by atoms with Gasteiger partial charge in [0, 0.05) is 12.1 Å². The Morgan fingerprint density at radius 1 is 1.38 bits per heavy atom. The van der Waals surface area contributed by atoms with Crippen molar-refractivity contribution in [3.05, 3.63) is 46.1 Å².